The highest BCUT2D eigenvalue weighted by molar-refractivity contribution is 7.20. The standard InChI is InChI=1S/C28H24N2O7S/c1-33-19-11-10-15(12-20(19)34-2)25-23(16-13-21(35-3)24(37-5)22(14-16)36-4)29-28(38-25)30-26(31)17-8-6-7-9-18(17)27(30)32/h6-14H,1-5H3. The topological polar surface area (TPSA) is 96.4 Å². The molecule has 0 saturated carbocycles. The van der Waals surface area contributed by atoms with Gasteiger partial charge in [0.1, 0.15) is 0 Å². The number of fused-ring (bicyclic) bond motifs is 1. The molecule has 0 fully saturated rings. The summed E-state index contributed by atoms with van der Waals surface area (Å²) in [6.45, 7) is 0. The van der Waals surface area contributed by atoms with Crippen LogP contribution in [0.15, 0.2) is 54.6 Å². The number of imide groups is 1. The van der Waals surface area contributed by atoms with Crippen LogP contribution in [0.5, 0.6) is 28.7 Å². The monoisotopic (exact) mass is 532 g/mol. The molecule has 9 nitrogen and oxygen atoms in total. The first-order valence-electron chi connectivity index (χ1n) is 11.5. The number of thiazole rings is 1. The van der Waals surface area contributed by atoms with Gasteiger partial charge in [0, 0.05) is 5.56 Å². The zero-order valence-corrected chi connectivity index (χ0v) is 22.2. The highest BCUT2D eigenvalue weighted by atomic mass is 32.1. The van der Waals surface area contributed by atoms with Crippen molar-refractivity contribution in [3.8, 4) is 50.4 Å². The summed E-state index contributed by atoms with van der Waals surface area (Å²) >= 11 is 1.22. The molecule has 2 amide bonds. The Morgan fingerprint density at radius 2 is 1.21 bits per heavy atom. The van der Waals surface area contributed by atoms with E-state index in [0.717, 1.165) is 10.5 Å². The second-order valence-corrected chi connectivity index (χ2v) is 9.13. The van der Waals surface area contributed by atoms with Crippen molar-refractivity contribution >= 4 is 28.3 Å². The number of methoxy groups -OCH3 is 5. The van der Waals surface area contributed by atoms with Gasteiger partial charge in [-0.2, -0.15) is 0 Å². The van der Waals surface area contributed by atoms with Gasteiger partial charge in [-0.1, -0.05) is 23.5 Å². The zero-order chi connectivity index (χ0) is 27.0. The maximum Gasteiger partial charge on any atom is 0.268 e. The van der Waals surface area contributed by atoms with Crippen LogP contribution in [0.1, 0.15) is 20.7 Å². The average molecular weight is 533 g/mol. The van der Waals surface area contributed by atoms with Crippen LogP contribution >= 0.6 is 11.3 Å². The van der Waals surface area contributed by atoms with Gasteiger partial charge in [0.25, 0.3) is 11.8 Å². The maximum absolute atomic E-state index is 13.2. The predicted molar refractivity (Wildman–Crippen MR) is 143 cm³/mol. The van der Waals surface area contributed by atoms with E-state index in [1.54, 1.807) is 56.7 Å². The fourth-order valence-electron chi connectivity index (χ4n) is 4.35. The van der Waals surface area contributed by atoms with Crippen molar-refractivity contribution in [3.05, 3.63) is 65.7 Å². The molecule has 5 rings (SSSR count). The van der Waals surface area contributed by atoms with Crippen LogP contribution in [0.4, 0.5) is 5.13 Å². The number of amides is 2. The molecule has 1 aliphatic rings. The number of carbonyl (C=O) groups excluding carboxylic acids is 2. The molecule has 1 aromatic heterocycles. The number of aromatic nitrogens is 1. The molecule has 0 atom stereocenters. The van der Waals surface area contributed by atoms with E-state index in [2.05, 4.69) is 0 Å². The number of nitrogens with zero attached hydrogens (tertiary/aromatic N) is 2. The van der Waals surface area contributed by atoms with Crippen molar-refractivity contribution < 1.29 is 33.3 Å². The Hall–Kier alpha value is -4.57. The molecule has 0 aliphatic carbocycles. The first kappa shape index (κ1) is 25.1. The highest BCUT2D eigenvalue weighted by Gasteiger charge is 2.39. The van der Waals surface area contributed by atoms with E-state index in [1.807, 2.05) is 12.1 Å². The number of ether oxygens (including phenoxy) is 5. The van der Waals surface area contributed by atoms with Crippen molar-refractivity contribution in [3.63, 3.8) is 0 Å². The minimum absolute atomic E-state index is 0.240. The summed E-state index contributed by atoms with van der Waals surface area (Å²) in [6, 6.07) is 15.7. The Labute approximate surface area is 223 Å². The Balaban J connectivity index is 1.73. The predicted octanol–water partition coefficient (Wildman–Crippen LogP) is 5.32. The largest absolute Gasteiger partial charge is 0.493 e. The Morgan fingerprint density at radius 1 is 0.658 bits per heavy atom. The van der Waals surface area contributed by atoms with Crippen molar-refractivity contribution in [2.45, 2.75) is 0 Å². The van der Waals surface area contributed by atoms with E-state index in [9.17, 15) is 9.59 Å². The van der Waals surface area contributed by atoms with E-state index in [-0.39, 0.29) is 5.13 Å². The minimum atomic E-state index is -0.422. The molecule has 0 unspecified atom stereocenters. The SMILES string of the molecule is COc1ccc(-c2sc(N3C(=O)c4ccccc4C3=O)nc2-c2cc(OC)c(OC)c(OC)c2)cc1OC. The molecular formula is C28H24N2O7S. The summed E-state index contributed by atoms with van der Waals surface area (Å²) in [5, 5.41) is 0.240. The number of carbonyl (C=O) groups is 2. The summed E-state index contributed by atoms with van der Waals surface area (Å²) in [7, 11) is 7.70. The number of hydrogen-bond acceptors (Lipinski definition) is 9. The Kier molecular flexibility index (Phi) is 6.64. The molecule has 0 saturated heterocycles. The van der Waals surface area contributed by atoms with Gasteiger partial charge in [-0.3, -0.25) is 9.59 Å². The van der Waals surface area contributed by atoms with Crippen LogP contribution in [0.3, 0.4) is 0 Å². The molecule has 0 N–H and O–H groups in total. The number of rotatable bonds is 8. The Bertz CT molecular complexity index is 1500. The first-order valence-corrected chi connectivity index (χ1v) is 12.3. The van der Waals surface area contributed by atoms with Gasteiger partial charge in [0.2, 0.25) is 10.9 Å². The van der Waals surface area contributed by atoms with Gasteiger partial charge < -0.3 is 23.7 Å². The van der Waals surface area contributed by atoms with E-state index < -0.39 is 11.8 Å². The molecule has 194 valence electrons. The summed E-state index contributed by atoms with van der Waals surface area (Å²) in [4.78, 5) is 33.1. The van der Waals surface area contributed by atoms with Gasteiger partial charge in [-0.25, -0.2) is 9.88 Å². The third kappa shape index (κ3) is 3.99. The second-order valence-electron chi connectivity index (χ2n) is 8.15. The van der Waals surface area contributed by atoms with Crippen LogP contribution in [-0.4, -0.2) is 52.3 Å². The highest BCUT2D eigenvalue weighted by Crippen LogP contribution is 2.47. The van der Waals surface area contributed by atoms with Crippen LogP contribution in [-0.2, 0) is 0 Å². The molecule has 0 bridgehead atoms. The Morgan fingerprint density at radius 3 is 1.74 bits per heavy atom. The lowest BCUT2D eigenvalue weighted by Crippen LogP contribution is -2.29. The van der Waals surface area contributed by atoms with Crippen LogP contribution in [0.25, 0.3) is 21.7 Å². The lowest BCUT2D eigenvalue weighted by Gasteiger charge is -2.14. The fraction of sp³-hybridized carbons (Fsp3) is 0.179. The number of benzene rings is 3. The molecule has 3 aromatic carbocycles. The minimum Gasteiger partial charge on any atom is -0.493 e. The molecule has 10 heteroatoms. The molecular weight excluding hydrogens is 508 g/mol. The third-order valence-corrected chi connectivity index (χ3v) is 7.27. The van der Waals surface area contributed by atoms with Crippen molar-refractivity contribution in [2.24, 2.45) is 0 Å². The molecule has 2 heterocycles. The van der Waals surface area contributed by atoms with Crippen LogP contribution in [0, 0.1) is 0 Å². The normalized spacial score (nSPS) is 12.4. The lowest BCUT2D eigenvalue weighted by molar-refractivity contribution is 0.0926. The summed E-state index contributed by atoms with van der Waals surface area (Å²) in [6.07, 6.45) is 0. The van der Waals surface area contributed by atoms with E-state index in [0.29, 0.717) is 56.0 Å². The summed E-state index contributed by atoms with van der Waals surface area (Å²) in [5.74, 6) is 1.56. The summed E-state index contributed by atoms with van der Waals surface area (Å²) in [5.41, 5.74) is 2.60. The first-order chi connectivity index (χ1) is 18.4. The van der Waals surface area contributed by atoms with Gasteiger partial charge in [-0.05, 0) is 48.0 Å². The molecule has 38 heavy (non-hydrogen) atoms. The van der Waals surface area contributed by atoms with Crippen molar-refractivity contribution in [2.75, 3.05) is 40.4 Å². The van der Waals surface area contributed by atoms with Gasteiger partial charge >= 0.3 is 0 Å². The maximum atomic E-state index is 13.2. The smallest absolute Gasteiger partial charge is 0.268 e. The number of anilines is 1. The summed E-state index contributed by atoms with van der Waals surface area (Å²) < 4.78 is 27.5. The molecule has 1 aliphatic heterocycles. The van der Waals surface area contributed by atoms with Gasteiger partial charge in [0.15, 0.2) is 23.0 Å². The molecule has 0 spiro atoms. The van der Waals surface area contributed by atoms with E-state index in [4.69, 9.17) is 28.7 Å². The average Bonchev–Trinajstić information content (AvgIpc) is 3.50. The fourth-order valence-corrected chi connectivity index (χ4v) is 5.44. The second kappa shape index (κ2) is 10.1. The molecule has 4 aromatic rings. The lowest BCUT2D eigenvalue weighted by atomic mass is 10.0. The number of hydrogen-bond donors (Lipinski definition) is 0. The molecule has 0 radical (unpaired) electrons. The van der Waals surface area contributed by atoms with Crippen LogP contribution in [0.2, 0.25) is 0 Å². The van der Waals surface area contributed by atoms with Crippen molar-refractivity contribution in [1.82, 2.24) is 4.98 Å². The van der Waals surface area contributed by atoms with Gasteiger partial charge in [0.05, 0.1) is 57.2 Å². The van der Waals surface area contributed by atoms with Gasteiger partial charge in [-0.15, -0.1) is 0 Å². The van der Waals surface area contributed by atoms with Crippen LogP contribution < -0.4 is 28.6 Å². The quantitative estimate of drug-likeness (QED) is 0.281. The van der Waals surface area contributed by atoms with E-state index in [1.165, 1.54) is 32.7 Å². The van der Waals surface area contributed by atoms with Crippen molar-refractivity contribution in [1.29, 1.82) is 0 Å². The van der Waals surface area contributed by atoms with E-state index >= 15 is 0 Å². The third-order valence-electron chi connectivity index (χ3n) is 6.19. The zero-order valence-electron chi connectivity index (χ0n) is 21.4.